The van der Waals surface area contributed by atoms with Crippen LogP contribution in [0.4, 0.5) is 0 Å². The van der Waals surface area contributed by atoms with Crippen LogP contribution in [0.25, 0.3) is 10.8 Å². The lowest BCUT2D eigenvalue weighted by atomic mass is 9.98. The predicted octanol–water partition coefficient (Wildman–Crippen LogP) is 2.22. The standard InChI is InChI=1S/C19H21NO4/c1-23-19(22)16(20-18(21)17-10-5-11-24-17)12-14-8-4-7-13-6-2-3-9-15(13)14/h2-4,6-9,16-17H,5,10-12H2,1H3,(H,20,21)/t16-,17+/m0/s1. The lowest BCUT2D eigenvalue weighted by Crippen LogP contribution is -2.47. The number of esters is 1. The first-order valence-corrected chi connectivity index (χ1v) is 8.15. The number of nitrogens with one attached hydrogen (secondary N) is 1. The number of fused-ring (bicyclic) bond motifs is 1. The summed E-state index contributed by atoms with van der Waals surface area (Å²) in [6.45, 7) is 0.588. The molecule has 1 N–H and O–H groups in total. The van der Waals surface area contributed by atoms with Crippen LogP contribution < -0.4 is 5.32 Å². The number of carbonyl (C=O) groups is 2. The topological polar surface area (TPSA) is 64.6 Å². The first kappa shape index (κ1) is 16.5. The third kappa shape index (κ3) is 3.57. The molecule has 0 bridgehead atoms. The maximum absolute atomic E-state index is 12.3. The van der Waals surface area contributed by atoms with Gasteiger partial charge in [-0.25, -0.2) is 4.79 Å². The minimum absolute atomic E-state index is 0.247. The zero-order valence-electron chi connectivity index (χ0n) is 13.7. The van der Waals surface area contributed by atoms with Gasteiger partial charge in [-0.15, -0.1) is 0 Å². The van der Waals surface area contributed by atoms with E-state index in [0.29, 0.717) is 19.4 Å². The lowest BCUT2D eigenvalue weighted by molar-refractivity contribution is -0.146. The molecule has 0 spiro atoms. The smallest absolute Gasteiger partial charge is 0.328 e. The number of carbonyl (C=O) groups excluding carboxylic acids is 2. The SMILES string of the molecule is COC(=O)[C@H](Cc1cccc2ccccc12)NC(=O)[C@H]1CCCO1. The number of ether oxygens (including phenoxy) is 2. The zero-order chi connectivity index (χ0) is 16.9. The molecule has 2 aromatic rings. The molecule has 0 saturated carbocycles. The van der Waals surface area contributed by atoms with Crippen LogP contribution in [0.2, 0.25) is 0 Å². The molecule has 1 aliphatic rings. The second kappa shape index (κ2) is 7.45. The largest absolute Gasteiger partial charge is 0.467 e. The van der Waals surface area contributed by atoms with E-state index in [1.54, 1.807) is 0 Å². The molecule has 24 heavy (non-hydrogen) atoms. The average Bonchev–Trinajstić information content (AvgIpc) is 3.15. The van der Waals surface area contributed by atoms with Gasteiger partial charge in [-0.05, 0) is 29.2 Å². The second-order valence-corrected chi connectivity index (χ2v) is 5.93. The van der Waals surface area contributed by atoms with Crippen LogP contribution in [0.3, 0.4) is 0 Å². The van der Waals surface area contributed by atoms with Gasteiger partial charge in [0.1, 0.15) is 12.1 Å². The monoisotopic (exact) mass is 327 g/mol. The van der Waals surface area contributed by atoms with Gasteiger partial charge in [-0.2, -0.15) is 0 Å². The van der Waals surface area contributed by atoms with Crippen LogP contribution in [0.5, 0.6) is 0 Å². The van der Waals surface area contributed by atoms with Crippen molar-refractivity contribution in [1.82, 2.24) is 5.32 Å². The molecule has 126 valence electrons. The number of benzene rings is 2. The molecule has 1 aliphatic heterocycles. The van der Waals surface area contributed by atoms with E-state index >= 15 is 0 Å². The Bertz CT molecular complexity index is 732. The summed E-state index contributed by atoms with van der Waals surface area (Å²) in [7, 11) is 1.33. The Morgan fingerprint density at radius 3 is 2.79 bits per heavy atom. The van der Waals surface area contributed by atoms with Crippen molar-refractivity contribution in [2.45, 2.75) is 31.4 Å². The first-order chi connectivity index (χ1) is 11.7. The summed E-state index contributed by atoms with van der Waals surface area (Å²) in [6, 6.07) is 13.2. The summed E-state index contributed by atoms with van der Waals surface area (Å²) in [4.78, 5) is 24.4. The van der Waals surface area contributed by atoms with Crippen molar-refractivity contribution in [2.24, 2.45) is 0 Å². The number of hydrogen-bond acceptors (Lipinski definition) is 4. The highest BCUT2D eigenvalue weighted by Crippen LogP contribution is 2.20. The number of hydrogen-bond donors (Lipinski definition) is 1. The maximum atomic E-state index is 12.3. The van der Waals surface area contributed by atoms with Crippen LogP contribution in [0.15, 0.2) is 42.5 Å². The van der Waals surface area contributed by atoms with Crippen LogP contribution in [-0.4, -0.2) is 37.7 Å². The van der Waals surface area contributed by atoms with Crippen LogP contribution in [0, 0.1) is 0 Å². The van der Waals surface area contributed by atoms with Crippen molar-refractivity contribution < 1.29 is 19.1 Å². The maximum Gasteiger partial charge on any atom is 0.328 e. The molecule has 5 heteroatoms. The third-order valence-electron chi connectivity index (χ3n) is 4.33. The van der Waals surface area contributed by atoms with Crippen LogP contribution in [-0.2, 0) is 25.5 Å². The lowest BCUT2D eigenvalue weighted by Gasteiger charge is -2.19. The van der Waals surface area contributed by atoms with Crippen LogP contribution >= 0.6 is 0 Å². The molecular weight excluding hydrogens is 306 g/mol. The molecule has 0 radical (unpaired) electrons. The average molecular weight is 327 g/mol. The molecule has 5 nitrogen and oxygen atoms in total. The molecule has 2 atom stereocenters. The Morgan fingerprint density at radius 1 is 1.25 bits per heavy atom. The van der Waals surface area contributed by atoms with Crippen molar-refractivity contribution >= 4 is 22.6 Å². The quantitative estimate of drug-likeness (QED) is 0.855. The van der Waals surface area contributed by atoms with Gasteiger partial charge in [0, 0.05) is 13.0 Å². The Hall–Kier alpha value is -2.40. The molecule has 0 unspecified atom stereocenters. The third-order valence-corrected chi connectivity index (χ3v) is 4.33. The highest BCUT2D eigenvalue weighted by atomic mass is 16.5. The number of methoxy groups -OCH3 is 1. The molecule has 3 rings (SSSR count). The highest BCUT2D eigenvalue weighted by molar-refractivity contribution is 5.89. The summed E-state index contributed by atoms with van der Waals surface area (Å²) >= 11 is 0. The van der Waals surface area contributed by atoms with Crippen LogP contribution in [0.1, 0.15) is 18.4 Å². The fourth-order valence-electron chi connectivity index (χ4n) is 3.08. The minimum atomic E-state index is -0.725. The van der Waals surface area contributed by atoms with E-state index in [4.69, 9.17) is 9.47 Å². The van der Waals surface area contributed by atoms with E-state index < -0.39 is 18.1 Å². The molecule has 1 heterocycles. The summed E-state index contributed by atoms with van der Waals surface area (Å²) < 4.78 is 10.3. The van der Waals surface area contributed by atoms with Gasteiger partial charge in [0.25, 0.3) is 0 Å². The predicted molar refractivity (Wildman–Crippen MR) is 90.6 cm³/mol. The fourth-order valence-corrected chi connectivity index (χ4v) is 3.08. The summed E-state index contributed by atoms with van der Waals surface area (Å²) in [5, 5.41) is 4.96. The van der Waals surface area contributed by atoms with E-state index in [1.807, 2.05) is 42.5 Å². The Balaban J connectivity index is 1.81. The second-order valence-electron chi connectivity index (χ2n) is 5.93. The summed E-state index contributed by atoms with van der Waals surface area (Å²) in [6.07, 6.45) is 1.47. The summed E-state index contributed by atoms with van der Waals surface area (Å²) in [5.41, 5.74) is 0.996. The highest BCUT2D eigenvalue weighted by Gasteiger charge is 2.29. The van der Waals surface area contributed by atoms with Crippen molar-refractivity contribution in [3.63, 3.8) is 0 Å². The van der Waals surface area contributed by atoms with E-state index in [0.717, 1.165) is 22.8 Å². The van der Waals surface area contributed by atoms with Gasteiger partial charge >= 0.3 is 5.97 Å². The zero-order valence-corrected chi connectivity index (χ0v) is 13.7. The van der Waals surface area contributed by atoms with Crippen molar-refractivity contribution in [2.75, 3.05) is 13.7 Å². The van der Waals surface area contributed by atoms with E-state index in [1.165, 1.54) is 7.11 Å². The van der Waals surface area contributed by atoms with Gasteiger partial charge < -0.3 is 14.8 Å². The van der Waals surface area contributed by atoms with Crippen molar-refractivity contribution in [1.29, 1.82) is 0 Å². The van der Waals surface area contributed by atoms with Gasteiger partial charge in [0.15, 0.2) is 0 Å². The van der Waals surface area contributed by atoms with E-state index in [2.05, 4.69) is 5.32 Å². The summed E-state index contributed by atoms with van der Waals surface area (Å²) in [5.74, 6) is -0.697. The van der Waals surface area contributed by atoms with Gasteiger partial charge in [0.2, 0.25) is 5.91 Å². The minimum Gasteiger partial charge on any atom is -0.467 e. The Morgan fingerprint density at radius 2 is 2.04 bits per heavy atom. The molecule has 2 aromatic carbocycles. The molecule has 1 amide bonds. The number of amides is 1. The normalized spacial score (nSPS) is 18.3. The van der Waals surface area contributed by atoms with E-state index in [-0.39, 0.29) is 5.91 Å². The molecular formula is C19H21NO4. The molecule has 1 fully saturated rings. The van der Waals surface area contributed by atoms with Crippen molar-refractivity contribution in [3.05, 3.63) is 48.0 Å². The Kier molecular flexibility index (Phi) is 5.11. The van der Waals surface area contributed by atoms with Gasteiger partial charge in [0.05, 0.1) is 7.11 Å². The molecule has 0 aromatic heterocycles. The number of rotatable bonds is 5. The molecule has 0 aliphatic carbocycles. The first-order valence-electron chi connectivity index (χ1n) is 8.15. The van der Waals surface area contributed by atoms with E-state index in [9.17, 15) is 9.59 Å². The Labute approximate surface area is 140 Å². The fraction of sp³-hybridized carbons (Fsp3) is 0.368. The van der Waals surface area contributed by atoms with Crippen molar-refractivity contribution in [3.8, 4) is 0 Å². The molecule has 1 saturated heterocycles. The van der Waals surface area contributed by atoms with Gasteiger partial charge in [-0.3, -0.25) is 4.79 Å². The van der Waals surface area contributed by atoms with Gasteiger partial charge in [-0.1, -0.05) is 42.5 Å².